The second kappa shape index (κ2) is 3.30. The Morgan fingerprint density at radius 2 is 2.13 bits per heavy atom. The van der Waals surface area contributed by atoms with Crippen LogP contribution in [0.15, 0.2) is 9.98 Å². The van der Waals surface area contributed by atoms with Crippen LogP contribution in [0.25, 0.3) is 0 Å². The minimum absolute atomic E-state index is 0.197. The minimum Gasteiger partial charge on any atom is -0.311 e. The molecule has 0 aromatic heterocycles. The van der Waals surface area contributed by atoms with Crippen molar-refractivity contribution >= 4 is 11.5 Å². The summed E-state index contributed by atoms with van der Waals surface area (Å²) in [6.45, 7) is 3.36. The molecule has 0 spiro atoms. The standard InChI is InChI=1S/C9H12F3N3/c1-8-2-3-13-4-6(8)15-7(14-5-8)9(10,11)12/h13H,2-5H2,1H3. The second-order valence-electron chi connectivity index (χ2n) is 4.18. The molecule has 1 N–H and O–H groups in total. The molecule has 3 nitrogen and oxygen atoms in total. The molecule has 1 fully saturated rings. The van der Waals surface area contributed by atoms with Gasteiger partial charge in [-0.05, 0) is 13.0 Å². The van der Waals surface area contributed by atoms with Crippen LogP contribution in [0.2, 0.25) is 0 Å². The number of nitrogens with one attached hydrogen (secondary N) is 1. The van der Waals surface area contributed by atoms with Crippen molar-refractivity contribution < 1.29 is 13.2 Å². The molecule has 2 aliphatic rings. The summed E-state index contributed by atoms with van der Waals surface area (Å²) in [6, 6.07) is 0. The highest BCUT2D eigenvalue weighted by Gasteiger charge is 2.42. The molecule has 15 heavy (non-hydrogen) atoms. The topological polar surface area (TPSA) is 36.8 Å². The average molecular weight is 219 g/mol. The van der Waals surface area contributed by atoms with Crippen molar-refractivity contribution in [1.82, 2.24) is 5.32 Å². The van der Waals surface area contributed by atoms with E-state index in [2.05, 4.69) is 15.3 Å². The van der Waals surface area contributed by atoms with Gasteiger partial charge in [0.15, 0.2) is 0 Å². The Hall–Kier alpha value is -0.910. The molecular weight excluding hydrogens is 207 g/mol. The van der Waals surface area contributed by atoms with Crippen molar-refractivity contribution in [2.45, 2.75) is 19.5 Å². The lowest BCUT2D eigenvalue weighted by molar-refractivity contribution is -0.0602. The fourth-order valence-electron chi connectivity index (χ4n) is 1.84. The number of hydrogen-bond donors (Lipinski definition) is 1. The third kappa shape index (κ3) is 1.90. The summed E-state index contributed by atoms with van der Waals surface area (Å²) in [4.78, 5) is 7.16. The highest BCUT2D eigenvalue weighted by Crippen LogP contribution is 2.31. The van der Waals surface area contributed by atoms with Gasteiger partial charge < -0.3 is 5.32 Å². The van der Waals surface area contributed by atoms with Crippen LogP contribution in [-0.2, 0) is 0 Å². The van der Waals surface area contributed by atoms with E-state index in [-0.39, 0.29) is 12.0 Å². The highest BCUT2D eigenvalue weighted by atomic mass is 19.4. The molecule has 6 heteroatoms. The Kier molecular flexibility index (Phi) is 2.33. The van der Waals surface area contributed by atoms with Gasteiger partial charge in [0, 0.05) is 17.7 Å². The van der Waals surface area contributed by atoms with Gasteiger partial charge in [-0.15, -0.1) is 0 Å². The van der Waals surface area contributed by atoms with Gasteiger partial charge in [0.2, 0.25) is 5.84 Å². The van der Waals surface area contributed by atoms with Crippen molar-refractivity contribution in [3.8, 4) is 0 Å². The number of hydrogen-bond acceptors (Lipinski definition) is 3. The molecule has 1 unspecified atom stereocenters. The summed E-state index contributed by atoms with van der Waals surface area (Å²) in [5.41, 5.74) is 0.302. The normalized spacial score (nSPS) is 31.7. The monoisotopic (exact) mass is 219 g/mol. The average Bonchev–Trinajstić information content (AvgIpc) is 2.14. The first-order chi connectivity index (χ1) is 6.92. The fourth-order valence-corrected chi connectivity index (χ4v) is 1.84. The van der Waals surface area contributed by atoms with Crippen molar-refractivity contribution in [2.75, 3.05) is 19.6 Å². The number of aliphatic imine (C=N–C) groups is 2. The van der Waals surface area contributed by atoms with Crippen LogP contribution < -0.4 is 5.32 Å². The molecule has 0 aliphatic carbocycles. The Morgan fingerprint density at radius 1 is 1.40 bits per heavy atom. The number of nitrogens with zero attached hydrogens (tertiary/aromatic N) is 2. The van der Waals surface area contributed by atoms with Crippen molar-refractivity contribution in [1.29, 1.82) is 0 Å². The number of piperidine rings is 1. The van der Waals surface area contributed by atoms with Gasteiger partial charge in [-0.2, -0.15) is 13.2 Å². The van der Waals surface area contributed by atoms with Gasteiger partial charge in [-0.25, -0.2) is 4.99 Å². The molecule has 0 aromatic carbocycles. The number of halogens is 3. The molecule has 1 atom stereocenters. The molecule has 2 aliphatic heterocycles. The maximum absolute atomic E-state index is 12.4. The molecule has 0 amide bonds. The second-order valence-corrected chi connectivity index (χ2v) is 4.18. The SMILES string of the molecule is CC12CCNCC1=NC(C(F)(F)F)=NC2. The molecular formula is C9H12F3N3. The molecule has 2 rings (SSSR count). The maximum atomic E-state index is 12.4. The highest BCUT2D eigenvalue weighted by molar-refractivity contribution is 6.06. The van der Waals surface area contributed by atoms with Crippen molar-refractivity contribution in [2.24, 2.45) is 15.4 Å². The van der Waals surface area contributed by atoms with Gasteiger partial charge in [0.05, 0.1) is 6.54 Å². The van der Waals surface area contributed by atoms with Crippen LogP contribution in [0.4, 0.5) is 13.2 Å². The number of rotatable bonds is 0. The number of amidine groups is 1. The first-order valence-electron chi connectivity index (χ1n) is 4.82. The Labute approximate surface area is 85.5 Å². The third-order valence-corrected chi connectivity index (χ3v) is 2.91. The van der Waals surface area contributed by atoms with E-state index < -0.39 is 12.0 Å². The summed E-state index contributed by atoms with van der Waals surface area (Å²) in [5, 5.41) is 3.03. The largest absolute Gasteiger partial charge is 0.451 e. The van der Waals surface area contributed by atoms with E-state index in [1.807, 2.05) is 6.92 Å². The first kappa shape index (κ1) is 10.6. The summed E-state index contributed by atoms with van der Waals surface area (Å²) < 4.78 is 37.1. The van der Waals surface area contributed by atoms with E-state index in [4.69, 9.17) is 0 Å². The van der Waals surface area contributed by atoms with Gasteiger partial charge in [-0.1, -0.05) is 6.92 Å². The van der Waals surface area contributed by atoms with E-state index in [0.717, 1.165) is 13.0 Å². The molecule has 0 radical (unpaired) electrons. The van der Waals surface area contributed by atoms with Gasteiger partial charge in [-0.3, -0.25) is 4.99 Å². The van der Waals surface area contributed by atoms with Crippen LogP contribution in [0, 0.1) is 5.41 Å². The lowest BCUT2D eigenvalue weighted by Crippen LogP contribution is -2.49. The van der Waals surface area contributed by atoms with E-state index in [9.17, 15) is 13.2 Å². The molecule has 0 aromatic rings. The Morgan fingerprint density at radius 3 is 2.80 bits per heavy atom. The molecule has 0 bridgehead atoms. The molecule has 84 valence electrons. The Bertz CT molecular complexity index is 332. The lowest BCUT2D eigenvalue weighted by Gasteiger charge is -2.36. The van der Waals surface area contributed by atoms with Crippen LogP contribution in [0.1, 0.15) is 13.3 Å². The van der Waals surface area contributed by atoms with E-state index in [1.165, 1.54) is 0 Å². The van der Waals surface area contributed by atoms with Crippen LogP contribution in [-0.4, -0.2) is 37.4 Å². The summed E-state index contributed by atoms with van der Waals surface area (Å²) in [6.07, 6.45) is -3.63. The molecule has 2 heterocycles. The van der Waals surface area contributed by atoms with Gasteiger partial charge in [0.25, 0.3) is 0 Å². The summed E-state index contributed by atoms with van der Waals surface area (Å²) in [7, 11) is 0. The predicted octanol–water partition coefficient (Wildman–Crippen LogP) is 1.40. The third-order valence-electron chi connectivity index (χ3n) is 2.91. The molecule has 1 saturated heterocycles. The van der Waals surface area contributed by atoms with E-state index >= 15 is 0 Å². The Balaban J connectivity index is 2.28. The number of fused-ring (bicyclic) bond motifs is 1. The van der Waals surface area contributed by atoms with E-state index in [0.29, 0.717) is 12.3 Å². The van der Waals surface area contributed by atoms with Crippen LogP contribution in [0.5, 0.6) is 0 Å². The zero-order valence-corrected chi connectivity index (χ0v) is 8.36. The fraction of sp³-hybridized carbons (Fsp3) is 0.778. The van der Waals surface area contributed by atoms with E-state index in [1.54, 1.807) is 0 Å². The maximum Gasteiger partial charge on any atom is 0.451 e. The zero-order chi connectivity index (χ0) is 11.1. The van der Waals surface area contributed by atoms with Crippen molar-refractivity contribution in [3.05, 3.63) is 0 Å². The quantitative estimate of drug-likeness (QED) is 0.657. The van der Waals surface area contributed by atoms with Crippen LogP contribution in [0.3, 0.4) is 0 Å². The smallest absolute Gasteiger partial charge is 0.311 e. The first-order valence-corrected chi connectivity index (χ1v) is 4.82. The summed E-state index contributed by atoms with van der Waals surface area (Å²) in [5.74, 6) is -0.987. The number of alkyl halides is 3. The van der Waals surface area contributed by atoms with Crippen molar-refractivity contribution in [3.63, 3.8) is 0 Å². The molecule has 0 saturated carbocycles. The lowest BCUT2D eigenvalue weighted by atomic mass is 9.78. The van der Waals surface area contributed by atoms with Gasteiger partial charge in [0.1, 0.15) is 0 Å². The summed E-state index contributed by atoms with van der Waals surface area (Å²) >= 11 is 0. The minimum atomic E-state index is -4.42. The predicted molar refractivity (Wildman–Crippen MR) is 51.4 cm³/mol. The van der Waals surface area contributed by atoms with Gasteiger partial charge >= 0.3 is 6.18 Å². The zero-order valence-electron chi connectivity index (χ0n) is 8.36. The van der Waals surface area contributed by atoms with Crippen LogP contribution >= 0.6 is 0 Å².